The van der Waals surface area contributed by atoms with E-state index in [9.17, 15) is 24.6 Å². The average Bonchev–Trinajstić information content (AvgIpc) is 3.34. The molecular weight excluding hydrogens is 896 g/mol. The molecule has 7 rings (SSSR count). The van der Waals surface area contributed by atoms with E-state index in [-0.39, 0.29) is 40.7 Å². The lowest BCUT2D eigenvalue weighted by molar-refractivity contribution is -0.0371. The Labute approximate surface area is 410 Å². The third-order valence-corrected chi connectivity index (χ3v) is 9.17. The minimum atomic E-state index is -0.886. The van der Waals surface area contributed by atoms with Crippen molar-refractivity contribution in [2.75, 3.05) is 59.5 Å². The molecule has 68 heavy (non-hydrogen) atoms. The second-order valence-corrected chi connectivity index (χ2v) is 16.2. The molecule has 0 spiro atoms. The molecule has 4 heterocycles. The van der Waals surface area contributed by atoms with E-state index in [1.807, 2.05) is 97.1 Å². The maximum atomic E-state index is 11.7. The Bertz CT molecular complexity index is 1730. The number of β-amino-alcohol motifs (C(OH)–C–C–N with tert-alkyl or cyclic N) is 2. The highest BCUT2D eigenvalue weighted by atomic mass is 35.5. The van der Waals surface area contributed by atoms with Gasteiger partial charge in [-0.25, -0.2) is 14.4 Å². The molecule has 3 aromatic rings. The maximum Gasteiger partial charge on any atom is 0.410 e. The van der Waals surface area contributed by atoms with E-state index in [1.54, 1.807) is 25.7 Å². The largest absolute Gasteiger partial charge is 0.449 e. The van der Waals surface area contributed by atoms with Crippen molar-refractivity contribution >= 4 is 29.2 Å². The van der Waals surface area contributed by atoms with Crippen LogP contribution in [0.15, 0.2) is 115 Å². The molecule has 16 nitrogen and oxygen atoms in total. The van der Waals surface area contributed by atoms with Gasteiger partial charge in [-0.2, -0.15) is 0 Å². The smallest absolute Gasteiger partial charge is 0.410 e. The Kier molecular flexibility index (Phi) is 38.4. The molecular formula is C51H81ClN4O12. The van der Waals surface area contributed by atoms with Crippen LogP contribution in [-0.4, -0.2) is 148 Å². The minimum absolute atomic E-state index is 0. The Morgan fingerprint density at radius 2 is 1.06 bits per heavy atom. The van der Waals surface area contributed by atoms with Gasteiger partial charge >= 0.3 is 17.6 Å². The molecule has 2 saturated heterocycles. The number of ether oxygens (including phenoxy) is 3. The zero-order chi connectivity index (χ0) is 49.0. The summed E-state index contributed by atoms with van der Waals surface area (Å²) in [5, 5.41) is 58.3. The van der Waals surface area contributed by atoms with E-state index in [1.165, 1.54) is 11.3 Å². The molecule has 0 bridgehead atoms. The molecule has 0 aliphatic carbocycles. The zero-order valence-corrected chi connectivity index (χ0v) is 39.5. The molecule has 0 unspecified atom stereocenters. The second kappa shape index (κ2) is 40.0. The Hall–Kier alpha value is -4.88. The number of halogens is 1. The second-order valence-electron chi connectivity index (χ2n) is 15.9. The van der Waals surface area contributed by atoms with Crippen molar-refractivity contribution in [2.45, 2.75) is 111 Å². The number of nitrogens with zero attached hydrogens (tertiary/aromatic N) is 2. The lowest BCUT2D eigenvalue weighted by Gasteiger charge is -2.32. The van der Waals surface area contributed by atoms with Crippen molar-refractivity contribution in [2.24, 2.45) is 0 Å². The Morgan fingerprint density at radius 1 is 0.603 bits per heavy atom. The van der Waals surface area contributed by atoms with E-state index < -0.39 is 41.5 Å². The van der Waals surface area contributed by atoms with Crippen molar-refractivity contribution < 1.29 is 59.2 Å². The first-order valence-electron chi connectivity index (χ1n) is 22.0. The first kappa shape index (κ1) is 65.2. The first-order valence-corrected chi connectivity index (χ1v) is 22.4. The molecule has 0 aromatic heterocycles. The van der Waals surface area contributed by atoms with Gasteiger partial charge < -0.3 is 65.3 Å². The number of rotatable bonds is 6. The monoisotopic (exact) mass is 977 g/mol. The zero-order valence-electron chi connectivity index (χ0n) is 38.8. The quantitative estimate of drug-likeness (QED) is 0.0723. The van der Waals surface area contributed by atoms with E-state index in [0.29, 0.717) is 39.1 Å². The average molecular weight is 978 g/mol. The molecule has 4 aliphatic heterocycles. The van der Waals surface area contributed by atoms with Crippen molar-refractivity contribution in [3.63, 3.8) is 0 Å². The maximum absolute atomic E-state index is 11.7. The summed E-state index contributed by atoms with van der Waals surface area (Å²) in [6, 6.07) is 28.5. The number of benzene rings is 3. The van der Waals surface area contributed by atoms with Crippen LogP contribution in [0.1, 0.15) is 78.0 Å². The molecule has 17 heteroatoms. The summed E-state index contributed by atoms with van der Waals surface area (Å²) < 4.78 is 14.9. The van der Waals surface area contributed by atoms with Gasteiger partial charge in [-0.1, -0.05) is 130 Å². The molecule has 4 atom stereocenters. The number of hydrogen-bond acceptors (Lipinski definition) is 14. The van der Waals surface area contributed by atoms with Crippen molar-refractivity contribution in [3.8, 4) is 0 Å². The van der Waals surface area contributed by atoms with Crippen LogP contribution in [0.3, 0.4) is 0 Å². The summed E-state index contributed by atoms with van der Waals surface area (Å²) in [6.45, 7) is 11.6. The lowest BCUT2D eigenvalue weighted by Crippen LogP contribution is -2.49. The highest BCUT2D eigenvalue weighted by Gasteiger charge is 2.29. The topological polar surface area (TPSA) is 231 Å². The number of carbonyl (C=O) groups is 3. The van der Waals surface area contributed by atoms with Gasteiger partial charge in [0.15, 0.2) is 0 Å². The molecule has 2 fully saturated rings. The van der Waals surface area contributed by atoms with E-state index in [4.69, 9.17) is 41.5 Å². The fourth-order valence-electron chi connectivity index (χ4n) is 5.63. The number of nitrogens with one attached hydrogen (secondary N) is 2. The molecule has 2 amide bonds. The van der Waals surface area contributed by atoms with Crippen LogP contribution in [0.25, 0.3) is 0 Å². The summed E-state index contributed by atoms with van der Waals surface area (Å²) in [4.78, 5) is 36.7. The van der Waals surface area contributed by atoms with Gasteiger partial charge in [-0.05, 0) is 76.2 Å². The lowest BCUT2D eigenvalue weighted by atomic mass is 10.1. The molecule has 3 aromatic carbocycles. The van der Waals surface area contributed by atoms with Crippen molar-refractivity contribution in [1.82, 2.24) is 20.4 Å². The van der Waals surface area contributed by atoms with Crippen molar-refractivity contribution in [3.05, 3.63) is 132 Å². The standard InChI is InChI=1S/C13H17NO4.C13H15NO2.C8H7ClO2.C5H11NO2.C5H9N.C4H10O.CH4O.2CH4/c15-11-6-7-14(8-12(11)16)13(17)18-9-10-4-2-1-3-5-10;15-13(14-9-5-2-6-10-14)16-11-12-7-3-1-4-8-12;9-8(10)11-6-7-4-2-1-3-5-7;7-4-1-2-6-3-5(4)8;1-2-4-6-5-3-1;1-4(2,3)5;1-2;;/h1-5,11-12,15-16H,6-9H2;1-5,7-8H,6,9-11H2;1-5H,6H2;4-8H,1-3H2;1-2,6H,3-5H2;5H,1-3H3;2H,1H3;2*1H4/t11-,12+;;;4-,5+;;;;;/m1..1...../s1. The number of carbonyl (C=O) groups excluding carboxylic acids is 3. The summed E-state index contributed by atoms with van der Waals surface area (Å²) in [7, 11) is 1.00. The van der Waals surface area contributed by atoms with Gasteiger partial charge in [0.1, 0.15) is 19.8 Å². The van der Waals surface area contributed by atoms with Crippen LogP contribution in [0, 0.1) is 0 Å². The van der Waals surface area contributed by atoms with Crippen LogP contribution >= 0.6 is 11.6 Å². The van der Waals surface area contributed by atoms with Crippen LogP contribution in [0.4, 0.5) is 14.4 Å². The highest BCUT2D eigenvalue weighted by Crippen LogP contribution is 2.13. The van der Waals surface area contributed by atoms with Gasteiger partial charge in [-0.15, -0.1) is 0 Å². The SMILES string of the molecule is C.C.C1=CCNCC1.CC(C)(C)O.CO.O=C(Cl)OCc1ccccc1.O=C(OCc1ccccc1)N1CC=CCC1.O=C(OCc1ccccc1)N1CC[C@@H](O)[C@@H](O)C1.O[C@@H]1CCNC[C@@H]1O. The fourth-order valence-corrected chi connectivity index (χ4v) is 5.68. The number of hydrogen-bond donors (Lipinski definition) is 8. The third kappa shape index (κ3) is 34.4. The number of amides is 2. The summed E-state index contributed by atoms with van der Waals surface area (Å²) in [6.07, 6.45) is 8.24. The molecule has 8 N–H and O–H groups in total. The summed E-state index contributed by atoms with van der Waals surface area (Å²) >= 11 is 4.97. The highest BCUT2D eigenvalue weighted by molar-refractivity contribution is 6.61. The number of piperidine rings is 2. The van der Waals surface area contributed by atoms with Gasteiger partial charge in [0, 0.05) is 51.4 Å². The number of aliphatic hydroxyl groups is 6. The minimum Gasteiger partial charge on any atom is -0.449 e. The van der Waals surface area contributed by atoms with Gasteiger partial charge in [-0.3, -0.25) is 0 Å². The molecule has 0 saturated carbocycles. The molecule has 0 radical (unpaired) electrons. The van der Waals surface area contributed by atoms with Gasteiger partial charge in [0.05, 0.1) is 36.6 Å². The number of aliphatic hydroxyl groups excluding tert-OH is 5. The van der Waals surface area contributed by atoms with E-state index in [2.05, 4.69) is 33.6 Å². The number of likely N-dealkylation sites (tertiary alicyclic amines) is 1. The third-order valence-electron chi connectivity index (χ3n) is 9.06. The van der Waals surface area contributed by atoms with Crippen LogP contribution in [0.2, 0.25) is 0 Å². The normalized spacial score (nSPS) is 18.8. The van der Waals surface area contributed by atoms with Crippen LogP contribution in [-0.2, 0) is 34.0 Å². The summed E-state index contributed by atoms with van der Waals surface area (Å²) in [5.41, 5.74) is 1.60. The van der Waals surface area contributed by atoms with Crippen LogP contribution < -0.4 is 10.6 Å². The predicted octanol–water partition coefficient (Wildman–Crippen LogP) is 6.79. The molecule has 384 valence electrons. The van der Waals surface area contributed by atoms with Crippen LogP contribution in [0.5, 0.6) is 0 Å². The Balaban J connectivity index is 0. The van der Waals surface area contributed by atoms with Gasteiger partial charge in [0.25, 0.3) is 0 Å². The summed E-state index contributed by atoms with van der Waals surface area (Å²) in [5.74, 6) is 0. The molecule has 4 aliphatic rings. The first-order chi connectivity index (χ1) is 31.6. The predicted molar refractivity (Wildman–Crippen MR) is 269 cm³/mol. The van der Waals surface area contributed by atoms with Gasteiger partial charge in [0.2, 0.25) is 0 Å². The Morgan fingerprint density at radius 3 is 1.40 bits per heavy atom. The van der Waals surface area contributed by atoms with E-state index in [0.717, 1.165) is 56.4 Å². The van der Waals surface area contributed by atoms with Crippen molar-refractivity contribution in [1.29, 1.82) is 0 Å². The fraction of sp³-hybridized carbons (Fsp3) is 0.510. The van der Waals surface area contributed by atoms with E-state index >= 15 is 0 Å².